The molecule has 1 aliphatic heterocycles. The highest BCUT2D eigenvalue weighted by molar-refractivity contribution is 5.87. The van der Waals surface area contributed by atoms with E-state index in [9.17, 15) is 4.79 Å². The molecular weight excluding hydrogens is 260 g/mol. The fourth-order valence-corrected chi connectivity index (χ4v) is 2.51. The molecule has 2 rings (SSSR count). The maximum Gasteiger partial charge on any atom is 0.246 e. The second-order valence-electron chi connectivity index (χ2n) is 5.41. The monoisotopic (exact) mass is 284 g/mol. The Bertz CT molecular complexity index is 526. The van der Waals surface area contributed by atoms with E-state index in [0.717, 1.165) is 32.7 Å². The van der Waals surface area contributed by atoms with Crippen LogP contribution in [-0.4, -0.2) is 41.9 Å². The number of carbonyl (C=O) groups excluding carboxylic acids is 1. The highest BCUT2D eigenvalue weighted by Crippen LogP contribution is 2.12. The van der Waals surface area contributed by atoms with Gasteiger partial charge in [-0.3, -0.25) is 9.69 Å². The Balaban J connectivity index is 1.83. The van der Waals surface area contributed by atoms with E-state index < -0.39 is 0 Å². The average molecular weight is 284 g/mol. The van der Waals surface area contributed by atoms with Crippen LogP contribution < -0.4 is 0 Å². The van der Waals surface area contributed by atoms with Gasteiger partial charge in [0.15, 0.2) is 0 Å². The summed E-state index contributed by atoms with van der Waals surface area (Å²) in [4.78, 5) is 16.3. The third-order valence-corrected chi connectivity index (χ3v) is 3.88. The van der Waals surface area contributed by atoms with Crippen molar-refractivity contribution >= 4 is 5.91 Å². The lowest BCUT2D eigenvalue weighted by Gasteiger charge is -2.34. The Labute approximate surface area is 127 Å². The van der Waals surface area contributed by atoms with E-state index in [1.165, 1.54) is 11.1 Å². The normalized spacial score (nSPS) is 17.0. The first-order chi connectivity index (χ1) is 10.2. The number of nitrogens with zero attached hydrogens (tertiary/aromatic N) is 2. The van der Waals surface area contributed by atoms with Gasteiger partial charge in [-0.2, -0.15) is 0 Å². The van der Waals surface area contributed by atoms with Gasteiger partial charge in [0.05, 0.1) is 0 Å². The van der Waals surface area contributed by atoms with E-state index in [0.29, 0.717) is 0 Å². The number of rotatable bonds is 4. The number of piperazine rings is 1. The lowest BCUT2D eigenvalue weighted by atomic mass is 10.1. The van der Waals surface area contributed by atoms with Crippen LogP contribution in [0.15, 0.2) is 48.6 Å². The van der Waals surface area contributed by atoms with E-state index in [1.807, 2.05) is 30.1 Å². The second kappa shape index (κ2) is 7.79. The summed E-state index contributed by atoms with van der Waals surface area (Å²) in [5, 5.41) is 0. The zero-order chi connectivity index (χ0) is 15.1. The molecule has 1 aliphatic rings. The van der Waals surface area contributed by atoms with Crippen molar-refractivity contribution in [3.63, 3.8) is 0 Å². The molecule has 1 heterocycles. The van der Waals surface area contributed by atoms with E-state index >= 15 is 0 Å². The molecule has 0 unspecified atom stereocenters. The molecule has 0 atom stereocenters. The Hall–Kier alpha value is -1.87. The minimum atomic E-state index is 0.114. The predicted molar refractivity (Wildman–Crippen MR) is 87.0 cm³/mol. The Morgan fingerprint density at radius 3 is 2.52 bits per heavy atom. The molecule has 3 heteroatoms. The third kappa shape index (κ3) is 4.57. The van der Waals surface area contributed by atoms with Gasteiger partial charge in [-0.25, -0.2) is 0 Å². The first kappa shape index (κ1) is 15.5. The van der Waals surface area contributed by atoms with E-state index in [4.69, 9.17) is 0 Å². The summed E-state index contributed by atoms with van der Waals surface area (Å²) in [7, 11) is 0. The van der Waals surface area contributed by atoms with Crippen molar-refractivity contribution in [2.75, 3.05) is 26.2 Å². The van der Waals surface area contributed by atoms with Crippen LogP contribution in [0.25, 0.3) is 0 Å². The van der Waals surface area contributed by atoms with Gasteiger partial charge in [-0.1, -0.05) is 42.5 Å². The maximum absolute atomic E-state index is 12.0. The lowest BCUT2D eigenvalue weighted by molar-refractivity contribution is -0.127. The van der Waals surface area contributed by atoms with Crippen molar-refractivity contribution in [3.8, 4) is 0 Å². The molecule has 0 N–H and O–H groups in total. The van der Waals surface area contributed by atoms with Crippen LogP contribution in [0.2, 0.25) is 0 Å². The van der Waals surface area contributed by atoms with Gasteiger partial charge >= 0.3 is 0 Å². The standard InChI is InChI=1S/C18H24N2O/c1-3-4-5-10-18(21)20-13-11-19(12-14-20)15-17-9-7-6-8-16(17)2/h3-10H,11-15H2,1-2H3/b4-3+,10-5+. The summed E-state index contributed by atoms with van der Waals surface area (Å²) in [5.74, 6) is 0.114. The first-order valence-corrected chi connectivity index (χ1v) is 7.56. The lowest BCUT2D eigenvalue weighted by Crippen LogP contribution is -2.47. The highest BCUT2D eigenvalue weighted by Gasteiger charge is 2.19. The van der Waals surface area contributed by atoms with Gasteiger partial charge in [0.2, 0.25) is 5.91 Å². The summed E-state index contributed by atoms with van der Waals surface area (Å²) in [5.41, 5.74) is 2.72. The van der Waals surface area contributed by atoms with Gasteiger partial charge in [-0.05, 0) is 25.0 Å². The molecule has 0 aromatic heterocycles. The molecule has 1 aromatic rings. The van der Waals surface area contributed by atoms with E-state index in [-0.39, 0.29) is 5.91 Å². The highest BCUT2D eigenvalue weighted by atomic mass is 16.2. The molecule has 0 spiro atoms. The molecule has 0 aliphatic carbocycles. The number of benzene rings is 1. The van der Waals surface area contributed by atoms with Crippen LogP contribution in [0.4, 0.5) is 0 Å². The molecule has 21 heavy (non-hydrogen) atoms. The number of carbonyl (C=O) groups is 1. The zero-order valence-corrected chi connectivity index (χ0v) is 13.0. The molecule has 0 bridgehead atoms. The van der Waals surface area contributed by atoms with Crippen molar-refractivity contribution in [1.29, 1.82) is 0 Å². The Morgan fingerprint density at radius 2 is 1.86 bits per heavy atom. The number of amides is 1. The van der Waals surface area contributed by atoms with Crippen molar-refractivity contribution < 1.29 is 4.79 Å². The van der Waals surface area contributed by atoms with Crippen molar-refractivity contribution in [2.45, 2.75) is 20.4 Å². The predicted octanol–water partition coefficient (Wildman–Crippen LogP) is 2.77. The maximum atomic E-state index is 12.0. The smallest absolute Gasteiger partial charge is 0.246 e. The first-order valence-electron chi connectivity index (χ1n) is 7.56. The molecule has 1 saturated heterocycles. The molecule has 1 fully saturated rings. The van der Waals surface area contributed by atoms with Crippen molar-refractivity contribution in [3.05, 3.63) is 59.7 Å². The second-order valence-corrected chi connectivity index (χ2v) is 5.41. The number of allylic oxidation sites excluding steroid dienone is 3. The number of hydrogen-bond acceptors (Lipinski definition) is 2. The fourth-order valence-electron chi connectivity index (χ4n) is 2.51. The number of hydrogen-bond donors (Lipinski definition) is 0. The van der Waals surface area contributed by atoms with Gasteiger partial charge in [-0.15, -0.1) is 0 Å². The van der Waals surface area contributed by atoms with Crippen LogP contribution in [0.5, 0.6) is 0 Å². The minimum absolute atomic E-state index is 0.114. The minimum Gasteiger partial charge on any atom is -0.337 e. The Kier molecular flexibility index (Phi) is 5.76. The van der Waals surface area contributed by atoms with Crippen LogP contribution in [0, 0.1) is 6.92 Å². The SMILES string of the molecule is C/C=C/C=C/C(=O)N1CCN(Cc2ccccc2C)CC1. The van der Waals surface area contributed by atoms with Gasteiger partial charge in [0.1, 0.15) is 0 Å². The molecule has 0 radical (unpaired) electrons. The topological polar surface area (TPSA) is 23.6 Å². The van der Waals surface area contributed by atoms with E-state index in [2.05, 4.69) is 36.1 Å². The van der Waals surface area contributed by atoms with Crippen LogP contribution in [0.3, 0.4) is 0 Å². The molecule has 112 valence electrons. The van der Waals surface area contributed by atoms with Gasteiger partial charge in [0, 0.05) is 38.8 Å². The van der Waals surface area contributed by atoms with Crippen LogP contribution in [-0.2, 0) is 11.3 Å². The molecule has 1 aromatic carbocycles. The summed E-state index contributed by atoms with van der Waals surface area (Å²) in [6.07, 6.45) is 7.26. The van der Waals surface area contributed by atoms with Gasteiger partial charge < -0.3 is 4.90 Å². The van der Waals surface area contributed by atoms with Crippen LogP contribution >= 0.6 is 0 Å². The third-order valence-electron chi connectivity index (χ3n) is 3.88. The van der Waals surface area contributed by atoms with Crippen molar-refractivity contribution in [1.82, 2.24) is 9.80 Å². The van der Waals surface area contributed by atoms with Crippen molar-refractivity contribution in [2.24, 2.45) is 0 Å². The largest absolute Gasteiger partial charge is 0.337 e. The number of aryl methyl sites for hydroxylation is 1. The Morgan fingerprint density at radius 1 is 1.14 bits per heavy atom. The fraction of sp³-hybridized carbons (Fsp3) is 0.389. The van der Waals surface area contributed by atoms with E-state index in [1.54, 1.807) is 6.08 Å². The van der Waals surface area contributed by atoms with Crippen LogP contribution in [0.1, 0.15) is 18.1 Å². The molecular formula is C18H24N2O. The molecule has 0 saturated carbocycles. The summed E-state index contributed by atoms with van der Waals surface area (Å²) in [6.45, 7) is 8.58. The average Bonchev–Trinajstić information content (AvgIpc) is 2.50. The summed E-state index contributed by atoms with van der Waals surface area (Å²) in [6, 6.07) is 8.51. The molecule has 3 nitrogen and oxygen atoms in total. The van der Waals surface area contributed by atoms with Gasteiger partial charge in [0.25, 0.3) is 0 Å². The summed E-state index contributed by atoms with van der Waals surface area (Å²) < 4.78 is 0. The quantitative estimate of drug-likeness (QED) is 0.627. The summed E-state index contributed by atoms with van der Waals surface area (Å²) >= 11 is 0. The molecule has 1 amide bonds. The zero-order valence-electron chi connectivity index (χ0n) is 13.0.